The largest absolute Gasteiger partial charge is 0.369 e. The average Bonchev–Trinajstić information content (AvgIpc) is 2.72. The maximum atomic E-state index is 5.69. The third-order valence-corrected chi connectivity index (χ3v) is 2.54. The predicted molar refractivity (Wildman–Crippen MR) is 48.7 cm³/mol. The van der Waals surface area contributed by atoms with E-state index in [0.29, 0.717) is 12.0 Å². The Morgan fingerprint density at radius 3 is 3.00 bits per heavy atom. The van der Waals surface area contributed by atoms with E-state index in [1.165, 1.54) is 19.3 Å². The predicted octanol–water partition coefficient (Wildman–Crippen LogP) is 1.83. The molecule has 1 aromatic heterocycles. The Labute approximate surface area is 72.6 Å². The molecular formula is C9H15N3. The van der Waals surface area contributed by atoms with Crippen LogP contribution < -0.4 is 5.73 Å². The minimum Gasteiger partial charge on any atom is -0.369 e. The fourth-order valence-electron chi connectivity index (χ4n) is 1.65. The topological polar surface area (TPSA) is 43.8 Å². The second-order valence-corrected chi connectivity index (χ2v) is 3.72. The van der Waals surface area contributed by atoms with E-state index in [1.54, 1.807) is 6.20 Å². The van der Waals surface area contributed by atoms with Crippen molar-refractivity contribution in [3.05, 3.63) is 12.4 Å². The fourth-order valence-corrected chi connectivity index (χ4v) is 1.65. The summed E-state index contributed by atoms with van der Waals surface area (Å²) in [4.78, 5) is 4.01. The molecule has 2 rings (SSSR count). The first-order chi connectivity index (χ1) is 5.77. The molecule has 1 atom stereocenters. The van der Waals surface area contributed by atoms with E-state index in [0.717, 1.165) is 5.92 Å². The number of nitrogens with zero attached hydrogens (tertiary/aromatic N) is 2. The van der Waals surface area contributed by atoms with Gasteiger partial charge in [-0.3, -0.25) is 0 Å². The monoisotopic (exact) mass is 165 g/mol. The zero-order valence-electron chi connectivity index (χ0n) is 7.40. The standard InChI is InChI=1S/C9H15N3/c1-7(6-8-2-3-8)12-5-4-11-9(12)10/h4-5,7-8H,2-3,6H2,1H3,(H2,10,11). The van der Waals surface area contributed by atoms with Crippen molar-refractivity contribution in [2.75, 3.05) is 5.73 Å². The molecule has 2 N–H and O–H groups in total. The van der Waals surface area contributed by atoms with Crippen LogP contribution in [0.4, 0.5) is 5.95 Å². The summed E-state index contributed by atoms with van der Waals surface area (Å²) in [7, 11) is 0. The number of hydrogen-bond acceptors (Lipinski definition) is 2. The van der Waals surface area contributed by atoms with E-state index in [2.05, 4.69) is 16.5 Å². The Morgan fingerprint density at radius 1 is 1.75 bits per heavy atom. The second kappa shape index (κ2) is 2.81. The zero-order valence-corrected chi connectivity index (χ0v) is 7.40. The minimum atomic E-state index is 0.514. The summed E-state index contributed by atoms with van der Waals surface area (Å²) in [6.45, 7) is 2.20. The highest BCUT2D eigenvalue weighted by molar-refractivity contribution is 5.17. The second-order valence-electron chi connectivity index (χ2n) is 3.72. The van der Waals surface area contributed by atoms with Crippen molar-refractivity contribution >= 4 is 5.95 Å². The number of nitrogens with two attached hydrogens (primary N) is 1. The number of aromatic nitrogens is 2. The molecular weight excluding hydrogens is 150 g/mol. The van der Waals surface area contributed by atoms with Crippen molar-refractivity contribution in [2.24, 2.45) is 5.92 Å². The van der Waals surface area contributed by atoms with Gasteiger partial charge in [0.15, 0.2) is 5.95 Å². The molecule has 1 aliphatic carbocycles. The lowest BCUT2D eigenvalue weighted by atomic mass is 10.1. The van der Waals surface area contributed by atoms with Gasteiger partial charge >= 0.3 is 0 Å². The molecule has 1 unspecified atom stereocenters. The smallest absolute Gasteiger partial charge is 0.200 e. The first-order valence-electron chi connectivity index (χ1n) is 4.55. The van der Waals surface area contributed by atoms with Gasteiger partial charge in [0, 0.05) is 18.4 Å². The average molecular weight is 165 g/mol. The highest BCUT2D eigenvalue weighted by Gasteiger charge is 2.24. The molecule has 1 aromatic rings. The molecule has 0 aliphatic heterocycles. The highest BCUT2D eigenvalue weighted by Crippen LogP contribution is 2.36. The highest BCUT2D eigenvalue weighted by atomic mass is 15.1. The molecule has 0 saturated heterocycles. The van der Waals surface area contributed by atoms with Crippen molar-refractivity contribution in [2.45, 2.75) is 32.2 Å². The summed E-state index contributed by atoms with van der Waals surface area (Å²) < 4.78 is 2.05. The molecule has 0 radical (unpaired) electrons. The van der Waals surface area contributed by atoms with Gasteiger partial charge in [-0.2, -0.15) is 0 Å². The molecule has 0 bridgehead atoms. The van der Waals surface area contributed by atoms with Crippen molar-refractivity contribution in [1.29, 1.82) is 0 Å². The molecule has 1 aliphatic rings. The van der Waals surface area contributed by atoms with Crippen LogP contribution in [0.2, 0.25) is 0 Å². The van der Waals surface area contributed by atoms with Crippen molar-refractivity contribution in [3.8, 4) is 0 Å². The van der Waals surface area contributed by atoms with Crippen LogP contribution in [0.15, 0.2) is 12.4 Å². The number of anilines is 1. The first-order valence-corrected chi connectivity index (χ1v) is 4.55. The number of hydrogen-bond donors (Lipinski definition) is 1. The normalized spacial score (nSPS) is 19.4. The summed E-state index contributed by atoms with van der Waals surface area (Å²) in [5.74, 6) is 1.59. The Kier molecular flexibility index (Phi) is 1.79. The van der Waals surface area contributed by atoms with Gasteiger partial charge in [-0.05, 0) is 19.3 Å². The van der Waals surface area contributed by atoms with Gasteiger partial charge in [-0.1, -0.05) is 12.8 Å². The van der Waals surface area contributed by atoms with Gasteiger partial charge in [-0.15, -0.1) is 0 Å². The van der Waals surface area contributed by atoms with E-state index in [9.17, 15) is 0 Å². The Morgan fingerprint density at radius 2 is 2.50 bits per heavy atom. The van der Waals surface area contributed by atoms with Crippen LogP contribution in [-0.4, -0.2) is 9.55 Å². The molecule has 66 valence electrons. The van der Waals surface area contributed by atoms with Crippen molar-refractivity contribution in [3.63, 3.8) is 0 Å². The van der Waals surface area contributed by atoms with Gasteiger partial charge in [0.05, 0.1) is 0 Å². The fraction of sp³-hybridized carbons (Fsp3) is 0.667. The quantitative estimate of drug-likeness (QED) is 0.742. The van der Waals surface area contributed by atoms with Crippen molar-refractivity contribution < 1.29 is 0 Å². The van der Waals surface area contributed by atoms with Gasteiger partial charge in [-0.25, -0.2) is 4.98 Å². The molecule has 1 saturated carbocycles. The van der Waals surface area contributed by atoms with Crippen LogP contribution in [0.3, 0.4) is 0 Å². The molecule has 0 spiro atoms. The zero-order chi connectivity index (χ0) is 8.55. The Balaban J connectivity index is 2.02. The minimum absolute atomic E-state index is 0.514. The van der Waals surface area contributed by atoms with E-state index < -0.39 is 0 Å². The van der Waals surface area contributed by atoms with Crippen LogP contribution in [0.5, 0.6) is 0 Å². The maximum Gasteiger partial charge on any atom is 0.200 e. The molecule has 12 heavy (non-hydrogen) atoms. The molecule has 3 nitrogen and oxygen atoms in total. The summed E-state index contributed by atoms with van der Waals surface area (Å²) in [5.41, 5.74) is 5.69. The summed E-state index contributed by atoms with van der Waals surface area (Å²) in [5, 5.41) is 0. The van der Waals surface area contributed by atoms with Crippen LogP contribution in [0, 0.1) is 5.92 Å². The van der Waals surface area contributed by atoms with Crippen LogP contribution in [0.1, 0.15) is 32.2 Å². The van der Waals surface area contributed by atoms with E-state index in [4.69, 9.17) is 5.73 Å². The SMILES string of the molecule is CC(CC1CC1)n1ccnc1N. The van der Waals surface area contributed by atoms with Gasteiger partial charge in [0.2, 0.25) is 0 Å². The molecule has 3 heteroatoms. The molecule has 1 fully saturated rings. The molecule has 0 aromatic carbocycles. The summed E-state index contributed by atoms with van der Waals surface area (Å²) in [6.07, 6.45) is 7.78. The van der Waals surface area contributed by atoms with Crippen LogP contribution in [0.25, 0.3) is 0 Å². The summed E-state index contributed by atoms with van der Waals surface area (Å²) >= 11 is 0. The number of rotatable bonds is 3. The molecule has 0 amide bonds. The molecule has 1 heterocycles. The lowest BCUT2D eigenvalue weighted by Gasteiger charge is -2.13. The summed E-state index contributed by atoms with van der Waals surface area (Å²) in [6, 6.07) is 0.514. The van der Waals surface area contributed by atoms with Gasteiger partial charge < -0.3 is 10.3 Å². The maximum absolute atomic E-state index is 5.69. The first kappa shape index (κ1) is 7.65. The number of nitrogen functional groups attached to an aromatic ring is 1. The number of imidazole rings is 1. The van der Waals surface area contributed by atoms with E-state index >= 15 is 0 Å². The Bertz CT molecular complexity index is 262. The van der Waals surface area contributed by atoms with Crippen LogP contribution >= 0.6 is 0 Å². The lowest BCUT2D eigenvalue weighted by Crippen LogP contribution is -2.08. The Hall–Kier alpha value is -0.990. The van der Waals surface area contributed by atoms with Gasteiger partial charge in [0.1, 0.15) is 0 Å². The lowest BCUT2D eigenvalue weighted by molar-refractivity contribution is 0.482. The van der Waals surface area contributed by atoms with Crippen LogP contribution in [-0.2, 0) is 0 Å². The van der Waals surface area contributed by atoms with E-state index in [1.807, 2.05) is 6.20 Å². The third-order valence-electron chi connectivity index (χ3n) is 2.54. The van der Waals surface area contributed by atoms with Gasteiger partial charge in [0.25, 0.3) is 0 Å². The van der Waals surface area contributed by atoms with E-state index in [-0.39, 0.29) is 0 Å². The third kappa shape index (κ3) is 1.44. The van der Waals surface area contributed by atoms with Crippen molar-refractivity contribution in [1.82, 2.24) is 9.55 Å².